The summed E-state index contributed by atoms with van der Waals surface area (Å²) in [5.74, 6) is 0.0537. The van der Waals surface area contributed by atoms with Gasteiger partial charge in [-0.3, -0.25) is 4.79 Å². The number of nitrogens with zero attached hydrogens (tertiary/aromatic N) is 3. The van der Waals surface area contributed by atoms with Gasteiger partial charge in [0.05, 0.1) is 10.7 Å². The number of halogens is 3. The molecular formula is C17H20Cl2FN5OS. The third-order valence-electron chi connectivity index (χ3n) is 3.69. The number of aryl methyl sites for hydroxylation is 1. The normalized spacial score (nSPS) is 10.0. The van der Waals surface area contributed by atoms with Gasteiger partial charge in [0.1, 0.15) is 17.3 Å². The number of hydrogen-bond donors (Lipinski definition) is 2. The van der Waals surface area contributed by atoms with Gasteiger partial charge in [-0.05, 0) is 31.2 Å². The number of rotatable bonds is 6. The first-order chi connectivity index (χ1) is 12.1. The molecule has 10 heteroatoms. The van der Waals surface area contributed by atoms with Crippen LogP contribution in [0.25, 0.3) is 5.69 Å². The Morgan fingerprint density at radius 1 is 1.37 bits per heavy atom. The number of hydrogen-bond acceptors (Lipinski definition) is 5. The van der Waals surface area contributed by atoms with E-state index in [4.69, 9.17) is 5.73 Å². The zero-order valence-corrected chi connectivity index (χ0v) is 17.0. The quantitative estimate of drug-likeness (QED) is 0.627. The predicted octanol–water partition coefficient (Wildman–Crippen LogP) is 3.05. The van der Waals surface area contributed by atoms with Crippen molar-refractivity contribution in [3.05, 3.63) is 63.9 Å². The number of aromatic nitrogens is 3. The highest BCUT2D eigenvalue weighted by Crippen LogP contribution is 2.17. The monoisotopic (exact) mass is 431 g/mol. The van der Waals surface area contributed by atoms with Gasteiger partial charge in [-0.1, -0.05) is 6.07 Å². The molecule has 3 rings (SSSR count). The average molecular weight is 432 g/mol. The molecule has 0 aliphatic heterocycles. The molecule has 1 amide bonds. The van der Waals surface area contributed by atoms with E-state index in [1.54, 1.807) is 41.4 Å². The average Bonchev–Trinajstić information content (AvgIpc) is 3.22. The molecule has 3 aromatic rings. The van der Waals surface area contributed by atoms with Crippen molar-refractivity contribution in [3.63, 3.8) is 0 Å². The largest absolute Gasteiger partial charge is 0.347 e. The Morgan fingerprint density at radius 2 is 2.15 bits per heavy atom. The smallest absolute Gasteiger partial charge is 0.271 e. The van der Waals surface area contributed by atoms with Gasteiger partial charge in [0, 0.05) is 30.7 Å². The lowest BCUT2D eigenvalue weighted by molar-refractivity contribution is 0.0946. The highest BCUT2D eigenvalue weighted by atomic mass is 35.5. The second-order valence-electron chi connectivity index (χ2n) is 5.48. The zero-order chi connectivity index (χ0) is 17.8. The van der Waals surface area contributed by atoms with E-state index in [1.165, 1.54) is 17.4 Å². The lowest BCUT2D eigenvalue weighted by atomic mass is 10.2. The Morgan fingerprint density at radius 3 is 2.78 bits per heavy atom. The van der Waals surface area contributed by atoms with Crippen molar-refractivity contribution in [1.29, 1.82) is 0 Å². The third kappa shape index (κ3) is 5.49. The minimum Gasteiger partial charge on any atom is -0.347 e. The van der Waals surface area contributed by atoms with E-state index < -0.39 is 0 Å². The van der Waals surface area contributed by atoms with Crippen molar-refractivity contribution in [2.45, 2.75) is 19.9 Å². The van der Waals surface area contributed by atoms with Gasteiger partial charge >= 0.3 is 0 Å². The zero-order valence-electron chi connectivity index (χ0n) is 14.5. The van der Waals surface area contributed by atoms with Crippen LogP contribution in [0, 0.1) is 12.7 Å². The van der Waals surface area contributed by atoms with Crippen LogP contribution in [0.5, 0.6) is 0 Å². The van der Waals surface area contributed by atoms with Gasteiger partial charge in [-0.2, -0.15) is 0 Å². The minimum absolute atomic E-state index is 0. The molecule has 0 atom stereocenters. The maximum Gasteiger partial charge on any atom is 0.271 e. The van der Waals surface area contributed by atoms with Crippen molar-refractivity contribution in [2.24, 2.45) is 5.73 Å². The fourth-order valence-electron chi connectivity index (χ4n) is 2.41. The van der Waals surface area contributed by atoms with E-state index >= 15 is 0 Å². The van der Waals surface area contributed by atoms with Gasteiger partial charge in [-0.15, -0.1) is 36.2 Å². The first-order valence-electron chi connectivity index (χ1n) is 7.80. The van der Waals surface area contributed by atoms with Crippen LogP contribution in [0.3, 0.4) is 0 Å². The van der Waals surface area contributed by atoms with Crippen molar-refractivity contribution in [2.75, 3.05) is 6.54 Å². The van der Waals surface area contributed by atoms with Gasteiger partial charge in [0.15, 0.2) is 0 Å². The summed E-state index contributed by atoms with van der Waals surface area (Å²) in [6, 6.07) is 4.86. The molecule has 2 heterocycles. The maximum absolute atomic E-state index is 14.3. The Labute approximate surface area is 172 Å². The lowest BCUT2D eigenvalue weighted by Crippen LogP contribution is -2.23. The summed E-state index contributed by atoms with van der Waals surface area (Å²) in [5.41, 5.74) is 6.93. The molecular weight excluding hydrogens is 412 g/mol. The second kappa shape index (κ2) is 10.4. The molecule has 0 bridgehead atoms. The SMILES string of the molecule is Cc1nccn1-c1ccc(CNC(=O)c2csc(CCN)n2)cc1F.Cl.Cl. The topological polar surface area (TPSA) is 85.8 Å². The molecule has 0 fully saturated rings. The molecule has 6 nitrogen and oxygen atoms in total. The van der Waals surface area contributed by atoms with Gasteiger partial charge < -0.3 is 15.6 Å². The number of carbonyl (C=O) groups is 1. The van der Waals surface area contributed by atoms with E-state index in [9.17, 15) is 9.18 Å². The van der Waals surface area contributed by atoms with Crippen LogP contribution in [0.15, 0.2) is 36.0 Å². The van der Waals surface area contributed by atoms with Crippen molar-refractivity contribution >= 4 is 42.1 Å². The van der Waals surface area contributed by atoms with Gasteiger partial charge in [0.2, 0.25) is 0 Å². The summed E-state index contributed by atoms with van der Waals surface area (Å²) < 4.78 is 16.0. The summed E-state index contributed by atoms with van der Waals surface area (Å²) in [6.45, 7) is 2.53. The van der Waals surface area contributed by atoms with E-state index in [0.717, 1.165) is 5.01 Å². The molecule has 27 heavy (non-hydrogen) atoms. The Bertz CT molecular complexity index is 899. The predicted molar refractivity (Wildman–Crippen MR) is 109 cm³/mol. The molecule has 1 aromatic carbocycles. The van der Waals surface area contributed by atoms with E-state index in [0.29, 0.717) is 35.7 Å². The van der Waals surface area contributed by atoms with Crippen LogP contribution in [0.2, 0.25) is 0 Å². The number of amides is 1. The molecule has 0 saturated heterocycles. The number of nitrogens with two attached hydrogens (primary N) is 1. The van der Waals surface area contributed by atoms with Crippen LogP contribution in [-0.4, -0.2) is 27.0 Å². The molecule has 0 unspecified atom stereocenters. The van der Waals surface area contributed by atoms with E-state index in [2.05, 4.69) is 15.3 Å². The van der Waals surface area contributed by atoms with Crippen molar-refractivity contribution in [3.8, 4) is 5.69 Å². The van der Waals surface area contributed by atoms with Crippen LogP contribution in [-0.2, 0) is 13.0 Å². The van der Waals surface area contributed by atoms with Crippen molar-refractivity contribution in [1.82, 2.24) is 19.9 Å². The molecule has 0 saturated carbocycles. The number of nitrogens with one attached hydrogen (secondary N) is 1. The summed E-state index contributed by atoms with van der Waals surface area (Å²) >= 11 is 1.41. The Balaban J connectivity index is 0.00000182. The Kier molecular flexibility index (Phi) is 8.84. The van der Waals surface area contributed by atoms with E-state index in [-0.39, 0.29) is 43.1 Å². The number of carbonyl (C=O) groups excluding carboxylic acids is 1. The summed E-state index contributed by atoms with van der Waals surface area (Å²) in [7, 11) is 0. The molecule has 0 radical (unpaired) electrons. The number of thiazole rings is 1. The summed E-state index contributed by atoms with van der Waals surface area (Å²) in [4.78, 5) is 20.4. The van der Waals surface area contributed by atoms with Gasteiger partial charge in [0.25, 0.3) is 5.91 Å². The van der Waals surface area contributed by atoms with Crippen molar-refractivity contribution < 1.29 is 9.18 Å². The fraction of sp³-hybridized carbons (Fsp3) is 0.235. The Hall–Kier alpha value is -2.00. The first kappa shape index (κ1) is 23.0. The number of imidazole rings is 1. The maximum atomic E-state index is 14.3. The number of benzene rings is 1. The summed E-state index contributed by atoms with van der Waals surface area (Å²) in [6.07, 6.45) is 3.98. The second-order valence-corrected chi connectivity index (χ2v) is 6.42. The van der Waals surface area contributed by atoms with Crippen LogP contribution in [0.4, 0.5) is 4.39 Å². The molecule has 146 valence electrons. The standard InChI is InChI=1S/C17H18FN5OS.2ClH/c1-11-20-6-7-23(11)15-3-2-12(8-13(15)18)9-21-17(24)14-10-25-16(22-14)4-5-19;;/h2-3,6-8,10H,4-5,9,19H2,1H3,(H,21,24);2*1H. The molecule has 3 N–H and O–H groups in total. The third-order valence-corrected chi connectivity index (χ3v) is 4.60. The fourth-order valence-corrected chi connectivity index (χ4v) is 3.21. The highest BCUT2D eigenvalue weighted by molar-refractivity contribution is 7.09. The minimum atomic E-state index is -0.369. The summed E-state index contributed by atoms with van der Waals surface area (Å²) in [5, 5.41) is 5.28. The first-order valence-corrected chi connectivity index (χ1v) is 8.68. The molecule has 0 aliphatic rings. The van der Waals surface area contributed by atoms with Crippen LogP contribution >= 0.6 is 36.2 Å². The highest BCUT2D eigenvalue weighted by Gasteiger charge is 2.12. The molecule has 0 spiro atoms. The van der Waals surface area contributed by atoms with E-state index in [1.807, 2.05) is 0 Å². The molecule has 0 aliphatic carbocycles. The lowest BCUT2D eigenvalue weighted by Gasteiger charge is -2.09. The van der Waals surface area contributed by atoms with Crippen LogP contribution < -0.4 is 11.1 Å². The molecule has 2 aromatic heterocycles. The van der Waals surface area contributed by atoms with Crippen LogP contribution in [0.1, 0.15) is 26.9 Å². The van der Waals surface area contributed by atoms with Gasteiger partial charge in [-0.25, -0.2) is 14.4 Å².